The molecule has 0 aliphatic carbocycles. The number of rotatable bonds is 8. The first kappa shape index (κ1) is 18.8. The number of amides is 1. The molecule has 22 heavy (non-hydrogen) atoms. The van der Waals surface area contributed by atoms with Gasteiger partial charge in [0.2, 0.25) is 5.91 Å². The summed E-state index contributed by atoms with van der Waals surface area (Å²) in [6.45, 7) is 4.07. The maximum absolute atomic E-state index is 12.4. The smallest absolute Gasteiger partial charge is 0.353 e. The second kappa shape index (κ2) is 9.02. The standard InChI is InChI=1S/C15H21F3N2OS/c1-3-4-5-6-11(2)20-13(21)10-22-14-8-7-12(9-19-14)15(16,17)18/h7-9,11H,3-6,10H2,1-2H3,(H,20,21). The minimum Gasteiger partial charge on any atom is -0.353 e. The molecule has 124 valence electrons. The molecule has 1 N–H and O–H groups in total. The highest BCUT2D eigenvalue weighted by molar-refractivity contribution is 7.99. The quantitative estimate of drug-likeness (QED) is 0.570. The topological polar surface area (TPSA) is 42.0 Å². The number of aromatic nitrogens is 1. The van der Waals surface area contributed by atoms with Crippen LogP contribution in [0.2, 0.25) is 0 Å². The highest BCUT2D eigenvalue weighted by Crippen LogP contribution is 2.29. The van der Waals surface area contributed by atoms with E-state index < -0.39 is 11.7 Å². The average Bonchev–Trinajstić information content (AvgIpc) is 2.45. The second-order valence-electron chi connectivity index (χ2n) is 5.14. The molecule has 1 unspecified atom stereocenters. The van der Waals surface area contributed by atoms with Crippen molar-refractivity contribution in [1.82, 2.24) is 10.3 Å². The van der Waals surface area contributed by atoms with Crippen molar-refractivity contribution in [3.05, 3.63) is 23.9 Å². The molecule has 0 aliphatic rings. The number of halogens is 3. The molecule has 0 aliphatic heterocycles. The van der Waals surface area contributed by atoms with E-state index in [1.807, 2.05) is 6.92 Å². The van der Waals surface area contributed by atoms with E-state index in [2.05, 4.69) is 17.2 Å². The summed E-state index contributed by atoms with van der Waals surface area (Å²) in [7, 11) is 0. The summed E-state index contributed by atoms with van der Waals surface area (Å²) in [5, 5.41) is 3.28. The lowest BCUT2D eigenvalue weighted by molar-refractivity contribution is -0.137. The van der Waals surface area contributed by atoms with Crippen LogP contribution < -0.4 is 5.32 Å². The molecule has 1 heterocycles. The Labute approximate surface area is 133 Å². The molecule has 0 spiro atoms. The monoisotopic (exact) mass is 334 g/mol. The molecular formula is C15H21F3N2OS. The van der Waals surface area contributed by atoms with Gasteiger partial charge in [-0.25, -0.2) is 4.98 Å². The molecule has 1 amide bonds. The molecule has 0 aromatic carbocycles. The summed E-state index contributed by atoms with van der Waals surface area (Å²) in [6, 6.07) is 2.37. The highest BCUT2D eigenvalue weighted by Gasteiger charge is 2.30. The number of nitrogens with one attached hydrogen (secondary N) is 1. The van der Waals surface area contributed by atoms with E-state index in [-0.39, 0.29) is 17.7 Å². The third kappa shape index (κ3) is 7.15. The van der Waals surface area contributed by atoms with Gasteiger partial charge in [-0.15, -0.1) is 0 Å². The fraction of sp³-hybridized carbons (Fsp3) is 0.600. The zero-order chi connectivity index (χ0) is 16.6. The molecular weight excluding hydrogens is 313 g/mol. The lowest BCUT2D eigenvalue weighted by Gasteiger charge is -2.13. The van der Waals surface area contributed by atoms with Gasteiger partial charge in [0.25, 0.3) is 0 Å². The summed E-state index contributed by atoms with van der Waals surface area (Å²) in [4.78, 5) is 15.5. The summed E-state index contributed by atoms with van der Waals surface area (Å²) >= 11 is 1.13. The Kier molecular flexibility index (Phi) is 7.72. The molecule has 0 saturated carbocycles. The van der Waals surface area contributed by atoms with Crippen LogP contribution in [0.1, 0.15) is 45.1 Å². The van der Waals surface area contributed by atoms with Gasteiger partial charge in [0.15, 0.2) is 0 Å². The number of thioether (sulfide) groups is 1. The first-order chi connectivity index (χ1) is 10.3. The molecule has 1 rings (SSSR count). The highest BCUT2D eigenvalue weighted by atomic mass is 32.2. The van der Waals surface area contributed by atoms with Crippen molar-refractivity contribution in [2.75, 3.05) is 5.75 Å². The first-order valence-electron chi connectivity index (χ1n) is 7.28. The minimum atomic E-state index is -4.39. The number of carbonyl (C=O) groups excluding carboxylic acids is 1. The van der Waals surface area contributed by atoms with Crippen molar-refractivity contribution in [1.29, 1.82) is 0 Å². The Bertz CT molecular complexity index is 463. The van der Waals surface area contributed by atoms with Crippen LogP contribution in [0.3, 0.4) is 0 Å². The lowest BCUT2D eigenvalue weighted by Crippen LogP contribution is -2.33. The molecule has 3 nitrogen and oxygen atoms in total. The van der Waals surface area contributed by atoms with E-state index in [9.17, 15) is 18.0 Å². The predicted molar refractivity (Wildman–Crippen MR) is 81.7 cm³/mol. The van der Waals surface area contributed by atoms with Crippen LogP contribution in [0.5, 0.6) is 0 Å². The van der Waals surface area contributed by atoms with Crippen molar-refractivity contribution in [3.63, 3.8) is 0 Å². The van der Waals surface area contributed by atoms with Crippen molar-refractivity contribution < 1.29 is 18.0 Å². The van der Waals surface area contributed by atoms with Gasteiger partial charge in [-0.05, 0) is 25.5 Å². The maximum Gasteiger partial charge on any atom is 0.417 e. The van der Waals surface area contributed by atoms with Gasteiger partial charge in [-0.3, -0.25) is 4.79 Å². The Morgan fingerprint density at radius 3 is 2.64 bits per heavy atom. The molecule has 1 aromatic rings. The van der Waals surface area contributed by atoms with Crippen LogP contribution in [0.4, 0.5) is 13.2 Å². The van der Waals surface area contributed by atoms with Crippen LogP contribution in [-0.4, -0.2) is 22.7 Å². The Morgan fingerprint density at radius 2 is 2.09 bits per heavy atom. The van der Waals surface area contributed by atoms with Gasteiger partial charge >= 0.3 is 6.18 Å². The van der Waals surface area contributed by atoms with Gasteiger partial charge in [0.05, 0.1) is 16.3 Å². The van der Waals surface area contributed by atoms with Gasteiger partial charge in [0, 0.05) is 12.2 Å². The Morgan fingerprint density at radius 1 is 1.36 bits per heavy atom. The van der Waals surface area contributed by atoms with Crippen molar-refractivity contribution in [3.8, 4) is 0 Å². The lowest BCUT2D eigenvalue weighted by atomic mass is 10.1. The van der Waals surface area contributed by atoms with E-state index in [1.165, 1.54) is 6.07 Å². The predicted octanol–water partition coefficient (Wildman–Crippen LogP) is 4.28. The fourth-order valence-electron chi connectivity index (χ4n) is 1.86. The third-order valence-electron chi connectivity index (χ3n) is 3.06. The number of hydrogen-bond donors (Lipinski definition) is 1. The van der Waals surface area contributed by atoms with Crippen LogP contribution >= 0.6 is 11.8 Å². The zero-order valence-corrected chi connectivity index (χ0v) is 13.6. The largest absolute Gasteiger partial charge is 0.417 e. The summed E-state index contributed by atoms with van der Waals surface area (Å²) in [5.41, 5.74) is -0.786. The molecule has 1 aromatic heterocycles. The third-order valence-corrected chi connectivity index (χ3v) is 4.01. The number of hydrogen-bond acceptors (Lipinski definition) is 3. The van der Waals surface area contributed by atoms with Crippen molar-refractivity contribution in [2.24, 2.45) is 0 Å². The number of unbranched alkanes of at least 4 members (excludes halogenated alkanes) is 2. The van der Waals surface area contributed by atoms with Crippen LogP contribution in [-0.2, 0) is 11.0 Å². The Balaban J connectivity index is 2.35. The van der Waals surface area contributed by atoms with E-state index in [4.69, 9.17) is 0 Å². The second-order valence-corrected chi connectivity index (χ2v) is 6.13. The first-order valence-corrected chi connectivity index (χ1v) is 8.27. The molecule has 7 heteroatoms. The van der Waals surface area contributed by atoms with Gasteiger partial charge in [0.1, 0.15) is 0 Å². The number of nitrogens with zero attached hydrogens (tertiary/aromatic N) is 1. The molecule has 1 atom stereocenters. The van der Waals surface area contributed by atoms with Crippen LogP contribution in [0, 0.1) is 0 Å². The number of pyridine rings is 1. The van der Waals surface area contributed by atoms with Crippen molar-refractivity contribution >= 4 is 17.7 Å². The molecule has 0 fully saturated rings. The Hall–Kier alpha value is -1.24. The van der Waals surface area contributed by atoms with E-state index in [1.54, 1.807) is 0 Å². The summed E-state index contributed by atoms with van der Waals surface area (Å²) in [6.07, 6.45) is 0.684. The number of carbonyl (C=O) groups is 1. The van der Waals surface area contributed by atoms with Gasteiger partial charge in [-0.1, -0.05) is 37.9 Å². The van der Waals surface area contributed by atoms with Gasteiger partial charge < -0.3 is 5.32 Å². The normalized spacial score (nSPS) is 13.0. The summed E-state index contributed by atoms with van der Waals surface area (Å²) in [5.74, 6) is 0.0203. The SMILES string of the molecule is CCCCCC(C)NC(=O)CSc1ccc(C(F)(F)F)cn1. The van der Waals surface area contributed by atoms with Crippen LogP contribution in [0.25, 0.3) is 0 Å². The molecule has 0 saturated heterocycles. The van der Waals surface area contributed by atoms with Gasteiger partial charge in [-0.2, -0.15) is 13.2 Å². The average molecular weight is 334 g/mol. The van der Waals surface area contributed by atoms with E-state index >= 15 is 0 Å². The summed E-state index contributed by atoms with van der Waals surface area (Å²) < 4.78 is 37.2. The zero-order valence-electron chi connectivity index (χ0n) is 12.7. The van der Waals surface area contributed by atoms with Crippen LogP contribution in [0.15, 0.2) is 23.4 Å². The van der Waals surface area contributed by atoms with E-state index in [0.29, 0.717) is 5.03 Å². The van der Waals surface area contributed by atoms with E-state index in [0.717, 1.165) is 49.7 Å². The van der Waals surface area contributed by atoms with Crippen molar-refractivity contribution in [2.45, 2.75) is 56.8 Å². The minimum absolute atomic E-state index is 0.111. The maximum atomic E-state index is 12.4. The molecule has 0 bridgehead atoms. The molecule has 0 radical (unpaired) electrons. The fourth-order valence-corrected chi connectivity index (χ4v) is 2.52. The number of alkyl halides is 3.